The van der Waals surface area contributed by atoms with Crippen LogP contribution in [0.2, 0.25) is 5.02 Å². The first-order chi connectivity index (χ1) is 12.4. The van der Waals surface area contributed by atoms with Crippen molar-refractivity contribution in [3.8, 4) is 0 Å². The van der Waals surface area contributed by atoms with E-state index in [2.05, 4.69) is 31.2 Å². The Morgan fingerprint density at radius 1 is 1.27 bits per heavy atom. The van der Waals surface area contributed by atoms with Crippen LogP contribution in [0.15, 0.2) is 41.1 Å². The van der Waals surface area contributed by atoms with E-state index in [0.29, 0.717) is 17.0 Å². The molecule has 0 aliphatic heterocycles. The quantitative estimate of drug-likeness (QED) is 0.746. The van der Waals surface area contributed by atoms with Crippen molar-refractivity contribution in [1.29, 1.82) is 0 Å². The molecule has 2 unspecified atom stereocenters. The molecule has 1 heterocycles. The van der Waals surface area contributed by atoms with Crippen LogP contribution in [0.1, 0.15) is 16.8 Å². The molecule has 0 radical (unpaired) electrons. The molecule has 2 aromatic rings. The van der Waals surface area contributed by atoms with Crippen LogP contribution in [-0.2, 0) is 4.79 Å². The van der Waals surface area contributed by atoms with Crippen LogP contribution in [0, 0.1) is 5.92 Å². The van der Waals surface area contributed by atoms with Gasteiger partial charge in [-0.15, -0.1) is 0 Å². The van der Waals surface area contributed by atoms with E-state index in [-0.39, 0.29) is 30.9 Å². The van der Waals surface area contributed by atoms with Gasteiger partial charge in [0.15, 0.2) is 0 Å². The number of amides is 2. The third kappa shape index (κ3) is 4.98. The SMILES string of the molecule is O=C(CN(CC1CC1F)C(=O)c1ccc(Br)cc1)Nc1ncc(Cl)cn1. The van der Waals surface area contributed by atoms with Gasteiger partial charge in [-0.2, -0.15) is 0 Å². The molecule has 2 amide bonds. The highest BCUT2D eigenvalue weighted by molar-refractivity contribution is 9.10. The Kier molecular flexibility index (Phi) is 5.83. The molecule has 2 atom stereocenters. The van der Waals surface area contributed by atoms with Crippen molar-refractivity contribution in [2.75, 3.05) is 18.4 Å². The maximum atomic E-state index is 13.3. The minimum absolute atomic E-state index is 0.0882. The number of hydrogen-bond donors (Lipinski definition) is 1. The lowest BCUT2D eigenvalue weighted by Crippen LogP contribution is -2.39. The predicted octanol–water partition coefficient (Wildman–Crippen LogP) is 3.33. The van der Waals surface area contributed by atoms with Crippen molar-refractivity contribution >= 4 is 45.3 Å². The van der Waals surface area contributed by atoms with Crippen LogP contribution in [0.3, 0.4) is 0 Å². The van der Waals surface area contributed by atoms with Gasteiger partial charge in [-0.3, -0.25) is 14.9 Å². The molecule has 1 N–H and O–H groups in total. The van der Waals surface area contributed by atoms with Gasteiger partial charge in [0.2, 0.25) is 11.9 Å². The van der Waals surface area contributed by atoms with Gasteiger partial charge in [0.25, 0.3) is 5.91 Å². The van der Waals surface area contributed by atoms with Gasteiger partial charge in [0.1, 0.15) is 12.7 Å². The number of alkyl halides is 1. The second-order valence-electron chi connectivity index (χ2n) is 5.98. The zero-order valence-corrected chi connectivity index (χ0v) is 15.9. The third-order valence-corrected chi connectivity index (χ3v) is 4.60. The fraction of sp³-hybridized carbons (Fsp3) is 0.294. The first kappa shape index (κ1) is 18.7. The summed E-state index contributed by atoms with van der Waals surface area (Å²) in [4.78, 5) is 34.1. The van der Waals surface area contributed by atoms with Crippen LogP contribution in [0.25, 0.3) is 0 Å². The van der Waals surface area contributed by atoms with Gasteiger partial charge in [0, 0.05) is 22.5 Å². The summed E-state index contributed by atoms with van der Waals surface area (Å²) in [5.74, 6) is -0.933. The molecule has 1 fully saturated rings. The molecule has 0 spiro atoms. The lowest BCUT2D eigenvalue weighted by Gasteiger charge is -2.22. The molecule has 1 aliphatic carbocycles. The van der Waals surface area contributed by atoms with E-state index in [1.165, 1.54) is 17.3 Å². The zero-order chi connectivity index (χ0) is 18.7. The molecule has 1 aliphatic rings. The summed E-state index contributed by atoms with van der Waals surface area (Å²) in [6.45, 7) is -0.0327. The molecule has 1 aromatic heterocycles. The normalized spacial score (nSPS) is 18.3. The molecule has 0 saturated heterocycles. The van der Waals surface area contributed by atoms with Crippen molar-refractivity contribution < 1.29 is 14.0 Å². The van der Waals surface area contributed by atoms with Gasteiger partial charge in [-0.1, -0.05) is 27.5 Å². The van der Waals surface area contributed by atoms with E-state index in [9.17, 15) is 14.0 Å². The largest absolute Gasteiger partial charge is 0.329 e. The number of benzene rings is 1. The van der Waals surface area contributed by atoms with E-state index in [4.69, 9.17) is 11.6 Å². The fourth-order valence-corrected chi connectivity index (χ4v) is 2.75. The maximum absolute atomic E-state index is 13.3. The Balaban J connectivity index is 1.68. The highest BCUT2D eigenvalue weighted by atomic mass is 79.9. The lowest BCUT2D eigenvalue weighted by atomic mass is 10.2. The molecule has 9 heteroatoms. The van der Waals surface area contributed by atoms with E-state index >= 15 is 0 Å². The Bertz CT molecular complexity index is 803. The summed E-state index contributed by atoms with van der Waals surface area (Å²) in [6.07, 6.45) is 2.20. The van der Waals surface area contributed by atoms with Crippen molar-refractivity contribution in [3.63, 3.8) is 0 Å². The molecule has 1 saturated carbocycles. The number of carbonyl (C=O) groups excluding carboxylic acids is 2. The van der Waals surface area contributed by atoms with Gasteiger partial charge >= 0.3 is 0 Å². The van der Waals surface area contributed by atoms with E-state index in [1.807, 2.05) is 0 Å². The summed E-state index contributed by atoms with van der Waals surface area (Å²) < 4.78 is 14.1. The number of halogens is 3. The maximum Gasteiger partial charge on any atom is 0.254 e. The number of nitrogens with one attached hydrogen (secondary N) is 1. The van der Waals surface area contributed by atoms with Gasteiger partial charge in [0.05, 0.1) is 17.4 Å². The van der Waals surface area contributed by atoms with Crippen molar-refractivity contribution in [3.05, 3.63) is 51.7 Å². The number of nitrogens with zero attached hydrogens (tertiary/aromatic N) is 3. The molecule has 3 rings (SSSR count). The average molecular weight is 442 g/mol. The first-order valence-corrected chi connectivity index (χ1v) is 9.06. The summed E-state index contributed by atoms with van der Waals surface area (Å²) >= 11 is 9.01. The number of hydrogen-bond acceptors (Lipinski definition) is 4. The zero-order valence-electron chi connectivity index (χ0n) is 13.5. The number of rotatable bonds is 6. The van der Waals surface area contributed by atoms with Gasteiger partial charge in [-0.05, 0) is 30.7 Å². The number of anilines is 1. The molecule has 0 bridgehead atoms. The molecular weight excluding hydrogens is 427 g/mol. The van der Waals surface area contributed by atoms with Crippen LogP contribution in [0.5, 0.6) is 0 Å². The summed E-state index contributed by atoms with van der Waals surface area (Å²) in [5.41, 5.74) is 0.430. The highest BCUT2D eigenvalue weighted by Crippen LogP contribution is 2.34. The molecule has 6 nitrogen and oxygen atoms in total. The Morgan fingerprint density at radius 3 is 2.46 bits per heavy atom. The monoisotopic (exact) mass is 440 g/mol. The molecule has 26 heavy (non-hydrogen) atoms. The van der Waals surface area contributed by atoms with Crippen molar-refractivity contribution in [1.82, 2.24) is 14.9 Å². The highest BCUT2D eigenvalue weighted by Gasteiger charge is 2.40. The molecule has 136 valence electrons. The second-order valence-corrected chi connectivity index (χ2v) is 7.33. The average Bonchev–Trinajstić information content (AvgIpc) is 3.31. The van der Waals surface area contributed by atoms with Crippen molar-refractivity contribution in [2.24, 2.45) is 5.92 Å². The molecule has 1 aromatic carbocycles. The van der Waals surface area contributed by atoms with E-state index in [0.717, 1.165) is 4.47 Å². The predicted molar refractivity (Wildman–Crippen MR) is 98.7 cm³/mol. The Labute approximate surface area is 162 Å². The Hall–Kier alpha value is -2.06. The van der Waals surface area contributed by atoms with Gasteiger partial charge < -0.3 is 4.90 Å². The van der Waals surface area contributed by atoms with Crippen LogP contribution >= 0.6 is 27.5 Å². The number of carbonyl (C=O) groups is 2. The lowest BCUT2D eigenvalue weighted by molar-refractivity contribution is -0.117. The smallest absolute Gasteiger partial charge is 0.254 e. The van der Waals surface area contributed by atoms with Crippen LogP contribution in [-0.4, -0.2) is 45.9 Å². The van der Waals surface area contributed by atoms with E-state index < -0.39 is 12.1 Å². The minimum atomic E-state index is -0.919. The second kappa shape index (κ2) is 8.09. The minimum Gasteiger partial charge on any atom is -0.329 e. The van der Waals surface area contributed by atoms with Gasteiger partial charge in [-0.25, -0.2) is 14.4 Å². The summed E-state index contributed by atoms with van der Waals surface area (Å²) in [7, 11) is 0. The fourth-order valence-electron chi connectivity index (χ4n) is 2.39. The van der Waals surface area contributed by atoms with Crippen LogP contribution < -0.4 is 5.32 Å². The first-order valence-electron chi connectivity index (χ1n) is 7.88. The summed E-state index contributed by atoms with van der Waals surface area (Å²) in [6, 6.07) is 6.78. The van der Waals surface area contributed by atoms with E-state index in [1.54, 1.807) is 24.3 Å². The van der Waals surface area contributed by atoms with Crippen LogP contribution in [0.4, 0.5) is 10.3 Å². The standard InChI is InChI=1S/C17H15BrClFN4O2/c18-12-3-1-10(2-4-12)16(26)24(8-11-5-14(11)20)9-15(25)23-17-21-6-13(19)7-22-17/h1-4,6-7,11,14H,5,8-9H2,(H,21,22,23,25). The topological polar surface area (TPSA) is 75.2 Å². The Morgan fingerprint density at radius 2 is 1.88 bits per heavy atom. The third-order valence-electron chi connectivity index (χ3n) is 3.88. The molecular formula is C17H15BrClFN4O2. The number of aromatic nitrogens is 2. The summed E-state index contributed by atoms with van der Waals surface area (Å²) in [5, 5.41) is 2.85. The van der Waals surface area contributed by atoms with Crippen molar-refractivity contribution in [2.45, 2.75) is 12.6 Å².